The molecule has 0 radical (unpaired) electrons. The quantitative estimate of drug-likeness (QED) is 0.770. The summed E-state index contributed by atoms with van der Waals surface area (Å²) in [6.45, 7) is 2.37. The van der Waals surface area contributed by atoms with E-state index in [0.717, 1.165) is 0 Å². The molecule has 136 valence electrons. The Balaban J connectivity index is 0.00000312. The molecule has 2 aromatic rings. The number of nitrogens with one attached hydrogen (secondary N) is 1. The summed E-state index contributed by atoms with van der Waals surface area (Å²) in [5, 5.41) is 2.78. The monoisotopic (exact) mass is 382 g/mol. The lowest BCUT2D eigenvalue weighted by molar-refractivity contribution is 0.0952. The molecule has 7 heteroatoms. The average Bonchev–Trinajstić information content (AvgIpc) is 2.55. The molecule has 0 bridgehead atoms. The maximum absolute atomic E-state index is 12.4. The first-order valence-corrected chi connectivity index (χ1v) is 9.44. The van der Waals surface area contributed by atoms with Crippen molar-refractivity contribution in [3.8, 4) is 0 Å². The van der Waals surface area contributed by atoms with Gasteiger partial charge in [-0.3, -0.25) is 4.79 Å². The number of nitrogens with two attached hydrogens (primary N) is 1. The highest BCUT2D eigenvalue weighted by molar-refractivity contribution is 7.90. The molecule has 0 aliphatic carbocycles. The van der Waals surface area contributed by atoms with E-state index in [-0.39, 0.29) is 35.0 Å². The third kappa shape index (κ3) is 6.49. The van der Waals surface area contributed by atoms with Gasteiger partial charge in [0.2, 0.25) is 0 Å². The van der Waals surface area contributed by atoms with Crippen LogP contribution in [0.2, 0.25) is 0 Å². The summed E-state index contributed by atoms with van der Waals surface area (Å²) >= 11 is 0. The third-order valence-electron chi connectivity index (χ3n) is 3.53. The van der Waals surface area contributed by atoms with Crippen LogP contribution < -0.4 is 11.1 Å². The highest BCUT2D eigenvalue weighted by Crippen LogP contribution is 2.17. The van der Waals surface area contributed by atoms with Gasteiger partial charge in [0, 0.05) is 18.2 Å². The van der Waals surface area contributed by atoms with Crippen LogP contribution in [0.1, 0.15) is 29.3 Å². The van der Waals surface area contributed by atoms with Crippen molar-refractivity contribution in [2.75, 3.05) is 6.54 Å². The molecule has 0 aliphatic rings. The minimum atomic E-state index is -3.43. The van der Waals surface area contributed by atoms with E-state index in [1.54, 1.807) is 54.6 Å². The van der Waals surface area contributed by atoms with Gasteiger partial charge in [0.1, 0.15) is 0 Å². The molecule has 1 amide bonds. The van der Waals surface area contributed by atoms with E-state index < -0.39 is 9.84 Å². The SMILES string of the molecule is CC(N)CCNC(=O)c1cccc(CS(=O)(=O)c2ccccc2)c1.Cl. The molecule has 25 heavy (non-hydrogen) atoms. The normalized spacial score (nSPS) is 12.1. The molecule has 0 aliphatic heterocycles. The van der Waals surface area contributed by atoms with Crippen LogP contribution in [-0.4, -0.2) is 26.9 Å². The van der Waals surface area contributed by atoms with Gasteiger partial charge in [-0.1, -0.05) is 30.3 Å². The van der Waals surface area contributed by atoms with Gasteiger partial charge in [-0.25, -0.2) is 8.42 Å². The maximum atomic E-state index is 12.4. The Morgan fingerprint density at radius 2 is 1.80 bits per heavy atom. The van der Waals surface area contributed by atoms with E-state index in [0.29, 0.717) is 24.1 Å². The fourth-order valence-corrected chi connectivity index (χ4v) is 3.61. The molecule has 0 saturated heterocycles. The summed E-state index contributed by atoms with van der Waals surface area (Å²) in [7, 11) is -3.43. The van der Waals surface area contributed by atoms with Crippen molar-refractivity contribution >= 4 is 28.2 Å². The minimum Gasteiger partial charge on any atom is -0.352 e. The van der Waals surface area contributed by atoms with Crippen molar-refractivity contribution in [2.24, 2.45) is 5.73 Å². The number of carbonyl (C=O) groups is 1. The Morgan fingerprint density at radius 3 is 2.44 bits per heavy atom. The zero-order valence-corrected chi connectivity index (χ0v) is 15.6. The first-order chi connectivity index (χ1) is 11.4. The summed E-state index contributed by atoms with van der Waals surface area (Å²) < 4.78 is 24.8. The number of rotatable bonds is 7. The molecule has 1 unspecified atom stereocenters. The largest absolute Gasteiger partial charge is 0.352 e. The molecule has 5 nitrogen and oxygen atoms in total. The standard InChI is InChI=1S/C18H22N2O3S.ClH/c1-14(19)10-11-20-18(21)16-7-5-6-15(12-16)13-24(22,23)17-8-3-2-4-9-17;/h2-9,12,14H,10-11,13,19H2,1H3,(H,20,21);1H. The van der Waals surface area contributed by atoms with Crippen LogP contribution in [0.3, 0.4) is 0 Å². The van der Waals surface area contributed by atoms with Crippen molar-refractivity contribution in [2.45, 2.75) is 30.0 Å². The molecule has 0 saturated carbocycles. The Bertz CT molecular complexity index is 793. The molecule has 2 rings (SSSR count). The van der Waals surface area contributed by atoms with E-state index in [1.165, 1.54) is 0 Å². The van der Waals surface area contributed by atoms with Crippen LogP contribution in [0.25, 0.3) is 0 Å². The second-order valence-corrected chi connectivity index (χ2v) is 7.78. The zero-order chi connectivity index (χ0) is 17.6. The van der Waals surface area contributed by atoms with Crippen LogP contribution in [0, 0.1) is 0 Å². The highest BCUT2D eigenvalue weighted by Gasteiger charge is 2.16. The summed E-state index contributed by atoms with van der Waals surface area (Å²) in [6, 6.07) is 15.0. The maximum Gasteiger partial charge on any atom is 0.251 e. The Kier molecular flexibility index (Phi) is 8.09. The second kappa shape index (κ2) is 9.56. The van der Waals surface area contributed by atoms with Crippen molar-refractivity contribution in [3.63, 3.8) is 0 Å². The molecule has 0 fully saturated rings. The molecule has 3 N–H and O–H groups in total. The minimum absolute atomic E-state index is 0. The Morgan fingerprint density at radius 1 is 1.12 bits per heavy atom. The van der Waals surface area contributed by atoms with E-state index in [4.69, 9.17) is 5.73 Å². The van der Waals surface area contributed by atoms with Gasteiger partial charge in [-0.2, -0.15) is 0 Å². The average molecular weight is 383 g/mol. The number of halogens is 1. The number of hydrogen-bond acceptors (Lipinski definition) is 4. The number of benzene rings is 2. The summed E-state index contributed by atoms with van der Waals surface area (Å²) in [5.41, 5.74) is 6.68. The molecular formula is C18H23ClN2O3S. The van der Waals surface area contributed by atoms with Crippen molar-refractivity contribution < 1.29 is 13.2 Å². The topological polar surface area (TPSA) is 89.3 Å². The second-order valence-electron chi connectivity index (χ2n) is 5.79. The van der Waals surface area contributed by atoms with Gasteiger partial charge in [0.05, 0.1) is 10.6 Å². The lowest BCUT2D eigenvalue weighted by Gasteiger charge is -2.09. The predicted octanol–water partition coefficient (Wildman–Crippen LogP) is 2.55. The fraction of sp³-hybridized carbons (Fsp3) is 0.278. The molecular weight excluding hydrogens is 360 g/mol. The lowest BCUT2D eigenvalue weighted by atomic mass is 10.1. The molecule has 0 aromatic heterocycles. The number of hydrogen-bond donors (Lipinski definition) is 2. The first-order valence-electron chi connectivity index (χ1n) is 7.79. The van der Waals surface area contributed by atoms with Gasteiger partial charge in [0.15, 0.2) is 9.84 Å². The summed E-state index contributed by atoms with van der Waals surface area (Å²) in [4.78, 5) is 12.4. The third-order valence-corrected chi connectivity index (χ3v) is 5.24. The Labute approximate surface area is 155 Å². The number of sulfone groups is 1. The molecule has 0 heterocycles. The van der Waals surface area contributed by atoms with Gasteiger partial charge in [-0.05, 0) is 43.2 Å². The van der Waals surface area contributed by atoms with Crippen LogP contribution in [0.5, 0.6) is 0 Å². The van der Waals surface area contributed by atoms with Crippen molar-refractivity contribution in [1.29, 1.82) is 0 Å². The van der Waals surface area contributed by atoms with Gasteiger partial charge in [0.25, 0.3) is 5.91 Å². The number of carbonyl (C=O) groups excluding carboxylic acids is 1. The lowest BCUT2D eigenvalue weighted by Crippen LogP contribution is -2.29. The summed E-state index contributed by atoms with van der Waals surface area (Å²) in [6.07, 6.45) is 0.688. The molecule has 0 spiro atoms. The zero-order valence-electron chi connectivity index (χ0n) is 14.0. The highest BCUT2D eigenvalue weighted by atomic mass is 35.5. The summed E-state index contributed by atoms with van der Waals surface area (Å²) in [5.74, 6) is -0.368. The van der Waals surface area contributed by atoms with Crippen molar-refractivity contribution in [3.05, 3.63) is 65.7 Å². The van der Waals surface area contributed by atoms with E-state index in [9.17, 15) is 13.2 Å². The van der Waals surface area contributed by atoms with E-state index >= 15 is 0 Å². The van der Waals surface area contributed by atoms with Gasteiger partial charge >= 0.3 is 0 Å². The molecule has 1 atom stereocenters. The fourth-order valence-electron chi connectivity index (χ4n) is 2.25. The smallest absolute Gasteiger partial charge is 0.251 e. The van der Waals surface area contributed by atoms with Crippen LogP contribution in [0.4, 0.5) is 0 Å². The van der Waals surface area contributed by atoms with Crippen LogP contribution in [-0.2, 0) is 15.6 Å². The van der Waals surface area contributed by atoms with Crippen LogP contribution in [0.15, 0.2) is 59.5 Å². The number of amides is 1. The van der Waals surface area contributed by atoms with E-state index in [1.807, 2.05) is 6.92 Å². The van der Waals surface area contributed by atoms with E-state index in [2.05, 4.69) is 5.32 Å². The van der Waals surface area contributed by atoms with Gasteiger partial charge < -0.3 is 11.1 Å². The Hall–Kier alpha value is -1.89. The van der Waals surface area contributed by atoms with Crippen LogP contribution >= 0.6 is 12.4 Å². The predicted molar refractivity (Wildman–Crippen MR) is 102 cm³/mol. The first kappa shape index (κ1) is 21.2. The van der Waals surface area contributed by atoms with Crippen molar-refractivity contribution in [1.82, 2.24) is 5.32 Å². The van der Waals surface area contributed by atoms with Gasteiger partial charge in [-0.15, -0.1) is 12.4 Å². The molecule has 2 aromatic carbocycles.